The number of methoxy groups -OCH3 is 1. The van der Waals surface area contributed by atoms with Gasteiger partial charge in [-0.1, -0.05) is 0 Å². The Kier molecular flexibility index (Phi) is 11.5. The Morgan fingerprint density at radius 3 is 2.10 bits per heavy atom. The van der Waals surface area contributed by atoms with Crippen molar-refractivity contribution in [3.63, 3.8) is 0 Å². The first-order valence-corrected chi connectivity index (χ1v) is 8.76. The zero-order valence-corrected chi connectivity index (χ0v) is 14.4. The number of ether oxygens (including phenoxy) is 3. The van der Waals surface area contributed by atoms with Crippen LogP contribution in [0.4, 0.5) is 4.39 Å². The van der Waals surface area contributed by atoms with Crippen LogP contribution in [0.25, 0.3) is 0 Å². The van der Waals surface area contributed by atoms with Crippen LogP contribution in [-0.2, 0) is 27.8 Å². The average molecular weight is 330 g/mol. The Morgan fingerprint density at radius 1 is 1.10 bits per heavy atom. The predicted octanol–water partition coefficient (Wildman–Crippen LogP) is 3.35. The topological polar surface area (TPSA) is 63.2 Å². The molecule has 6 nitrogen and oxygen atoms in total. The van der Waals surface area contributed by atoms with E-state index in [2.05, 4.69) is 0 Å². The summed E-state index contributed by atoms with van der Waals surface area (Å²) in [5, 5.41) is 0. The maximum absolute atomic E-state index is 12.5. The zero-order chi connectivity index (χ0) is 16.3. The molecule has 1 atom stereocenters. The van der Waals surface area contributed by atoms with Crippen molar-refractivity contribution in [3.8, 4) is 0 Å². The van der Waals surface area contributed by atoms with E-state index in [1.54, 1.807) is 27.7 Å². The van der Waals surface area contributed by atoms with Gasteiger partial charge in [0.25, 0.3) is 0 Å². The Bertz CT molecular complexity index is 286. The van der Waals surface area contributed by atoms with E-state index in [9.17, 15) is 8.96 Å². The highest BCUT2D eigenvalue weighted by Crippen LogP contribution is 2.50. The van der Waals surface area contributed by atoms with Gasteiger partial charge in [0.15, 0.2) is 0 Å². The third-order valence-corrected chi connectivity index (χ3v) is 4.10. The average Bonchev–Trinajstić information content (AvgIpc) is 2.34. The molecular formula is C13H28FO6P. The highest BCUT2D eigenvalue weighted by molar-refractivity contribution is 7.53. The molecule has 128 valence electrons. The molecule has 0 saturated carbocycles. The van der Waals surface area contributed by atoms with Crippen LogP contribution in [0.2, 0.25) is 0 Å². The number of rotatable bonds is 13. The quantitative estimate of drug-likeness (QED) is 0.293. The van der Waals surface area contributed by atoms with Gasteiger partial charge in [0, 0.05) is 13.5 Å². The second-order valence-corrected chi connectivity index (χ2v) is 6.99. The van der Waals surface area contributed by atoms with Crippen molar-refractivity contribution >= 4 is 7.60 Å². The van der Waals surface area contributed by atoms with Crippen LogP contribution >= 0.6 is 7.60 Å². The van der Waals surface area contributed by atoms with Gasteiger partial charge < -0.3 is 23.3 Å². The van der Waals surface area contributed by atoms with Crippen molar-refractivity contribution < 1.29 is 32.2 Å². The minimum Gasteiger partial charge on any atom is -0.363 e. The highest BCUT2D eigenvalue weighted by atomic mass is 31.2. The molecule has 0 bridgehead atoms. The molecule has 21 heavy (non-hydrogen) atoms. The van der Waals surface area contributed by atoms with Crippen LogP contribution in [-0.4, -0.2) is 51.8 Å². The molecule has 0 aliphatic carbocycles. The van der Waals surface area contributed by atoms with E-state index in [4.69, 9.17) is 23.3 Å². The molecule has 0 unspecified atom stereocenters. The SMILES string of the molecule is COCOC[C@H](CCF)OCP(=O)(OC(C)C)OC(C)C. The van der Waals surface area contributed by atoms with E-state index in [0.717, 1.165) is 0 Å². The molecular weight excluding hydrogens is 302 g/mol. The van der Waals surface area contributed by atoms with E-state index in [1.165, 1.54) is 7.11 Å². The van der Waals surface area contributed by atoms with Gasteiger partial charge in [0.2, 0.25) is 0 Å². The lowest BCUT2D eigenvalue weighted by atomic mass is 10.3. The number of halogens is 1. The summed E-state index contributed by atoms with van der Waals surface area (Å²) >= 11 is 0. The molecule has 0 aliphatic rings. The van der Waals surface area contributed by atoms with Crippen molar-refractivity contribution in [1.82, 2.24) is 0 Å². The molecule has 0 aliphatic heterocycles. The van der Waals surface area contributed by atoms with Crippen molar-refractivity contribution in [1.29, 1.82) is 0 Å². The van der Waals surface area contributed by atoms with Gasteiger partial charge in [-0.3, -0.25) is 8.96 Å². The molecule has 0 radical (unpaired) electrons. The second-order valence-electron chi connectivity index (χ2n) is 5.09. The third-order valence-electron chi connectivity index (χ3n) is 2.15. The van der Waals surface area contributed by atoms with E-state index < -0.39 is 20.4 Å². The van der Waals surface area contributed by atoms with Crippen LogP contribution in [0, 0.1) is 0 Å². The summed E-state index contributed by atoms with van der Waals surface area (Å²) in [5.74, 6) is 0. The van der Waals surface area contributed by atoms with E-state index >= 15 is 0 Å². The van der Waals surface area contributed by atoms with E-state index in [-0.39, 0.29) is 38.4 Å². The van der Waals surface area contributed by atoms with Crippen molar-refractivity contribution in [2.24, 2.45) is 0 Å². The van der Waals surface area contributed by atoms with Gasteiger partial charge in [-0.15, -0.1) is 0 Å². The Balaban J connectivity index is 4.48. The molecule has 0 aromatic carbocycles. The fourth-order valence-electron chi connectivity index (χ4n) is 1.52. The molecule has 8 heteroatoms. The van der Waals surface area contributed by atoms with Crippen molar-refractivity contribution in [3.05, 3.63) is 0 Å². The molecule has 0 aromatic heterocycles. The number of hydrogen-bond donors (Lipinski definition) is 0. The van der Waals surface area contributed by atoms with Crippen LogP contribution in [0.1, 0.15) is 34.1 Å². The van der Waals surface area contributed by atoms with Gasteiger partial charge in [-0.2, -0.15) is 0 Å². The Labute approximate surface area is 126 Å². The minimum atomic E-state index is -3.38. The van der Waals surface area contributed by atoms with Crippen molar-refractivity contribution in [2.45, 2.75) is 52.4 Å². The second kappa shape index (κ2) is 11.5. The summed E-state index contributed by atoms with van der Waals surface area (Å²) in [4.78, 5) is 0. The predicted molar refractivity (Wildman–Crippen MR) is 78.2 cm³/mol. The first-order valence-electron chi connectivity index (χ1n) is 7.03. The Hall–Kier alpha value is -0.0400. The monoisotopic (exact) mass is 330 g/mol. The largest absolute Gasteiger partial charge is 0.363 e. The number of alkyl halides is 1. The minimum absolute atomic E-state index is 0.0921. The van der Waals surface area contributed by atoms with E-state index in [0.29, 0.717) is 0 Å². The van der Waals surface area contributed by atoms with Gasteiger partial charge in [0.05, 0.1) is 31.6 Å². The zero-order valence-electron chi connectivity index (χ0n) is 13.5. The standard InChI is InChI=1S/C13H28FO6P/c1-11(2)19-21(15,20-12(3)4)10-18-13(6-7-14)8-17-9-16-5/h11-13H,6-10H2,1-5H3/t13-/m0/s1. The Morgan fingerprint density at radius 2 is 1.67 bits per heavy atom. The van der Waals surface area contributed by atoms with Crippen molar-refractivity contribution in [2.75, 3.05) is 33.5 Å². The van der Waals surface area contributed by atoms with E-state index in [1.807, 2.05) is 0 Å². The lowest BCUT2D eigenvalue weighted by Crippen LogP contribution is -2.23. The molecule has 0 rings (SSSR count). The fraction of sp³-hybridized carbons (Fsp3) is 1.00. The van der Waals surface area contributed by atoms with Gasteiger partial charge in [0.1, 0.15) is 13.1 Å². The maximum atomic E-state index is 12.5. The number of hydrogen-bond acceptors (Lipinski definition) is 6. The summed E-state index contributed by atoms with van der Waals surface area (Å²) in [5.41, 5.74) is 0. The summed E-state index contributed by atoms with van der Waals surface area (Å²) in [6, 6.07) is 0. The maximum Gasteiger partial charge on any atom is 0.356 e. The first kappa shape index (κ1) is 21.0. The lowest BCUT2D eigenvalue weighted by Gasteiger charge is -2.25. The first-order chi connectivity index (χ1) is 9.83. The molecule has 0 saturated heterocycles. The summed E-state index contributed by atoms with van der Waals surface area (Å²) < 4.78 is 51.1. The van der Waals surface area contributed by atoms with Crippen LogP contribution in [0.3, 0.4) is 0 Å². The molecule has 0 N–H and O–H groups in total. The molecule has 0 amide bonds. The molecule has 0 fully saturated rings. The summed E-state index contributed by atoms with van der Waals surface area (Å²) in [6.45, 7) is 6.74. The van der Waals surface area contributed by atoms with Gasteiger partial charge >= 0.3 is 7.60 Å². The highest BCUT2D eigenvalue weighted by Gasteiger charge is 2.29. The lowest BCUT2D eigenvalue weighted by molar-refractivity contribution is -0.0778. The third kappa shape index (κ3) is 11.2. The van der Waals surface area contributed by atoms with Gasteiger partial charge in [-0.05, 0) is 27.7 Å². The summed E-state index contributed by atoms with van der Waals surface area (Å²) in [7, 11) is -1.89. The van der Waals surface area contributed by atoms with Crippen LogP contribution in [0.5, 0.6) is 0 Å². The molecule has 0 aromatic rings. The smallest absolute Gasteiger partial charge is 0.356 e. The fourth-order valence-corrected chi connectivity index (χ4v) is 3.37. The molecule has 0 spiro atoms. The van der Waals surface area contributed by atoms with Gasteiger partial charge in [-0.25, -0.2) is 0 Å². The molecule has 0 heterocycles. The van der Waals surface area contributed by atoms with Crippen LogP contribution < -0.4 is 0 Å². The van der Waals surface area contributed by atoms with Crippen LogP contribution in [0.15, 0.2) is 0 Å². The summed E-state index contributed by atoms with van der Waals surface area (Å²) in [6.07, 6.45) is -1.13. The normalized spacial score (nSPS) is 14.1.